The van der Waals surface area contributed by atoms with Crippen LogP contribution in [0.5, 0.6) is 11.6 Å². The van der Waals surface area contributed by atoms with Crippen molar-refractivity contribution >= 4 is 5.97 Å². The Kier molecular flexibility index (Phi) is 4.12. The highest BCUT2D eigenvalue weighted by Gasteiger charge is 2.29. The average Bonchev–Trinajstić information content (AvgIpc) is 2.76. The molecule has 0 amide bonds. The molecule has 6 heteroatoms. The number of aliphatic carboxylic acids is 1. The van der Waals surface area contributed by atoms with Gasteiger partial charge in [0.2, 0.25) is 5.88 Å². The van der Waals surface area contributed by atoms with Crippen molar-refractivity contribution in [2.75, 3.05) is 7.11 Å². The normalized spacial score (nSPS) is 11.5. The number of carbonyl (C=O) groups is 1. The number of rotatable bonds is 4. The second-order valence-electron chi connectivity index (χ2n) is 6.06. The summed E-state index contributed by atoms with van der Waals surface area (Å²) in [5.74, 6) is -0.583. The van der Waals surface area contributed by atoms with Crippen LogP contribution < -0.4 is 4.74 Å². The van der Waals surface area contributed by atoms with E-state index in [-0.39, 0.29) is 17.6 Å². The molecule has 0 aliphatic carbocycles. The van der Waals surface area contributed by atoms with Crippen LogP contribution in [0.4, 0.5) is 0 Å². The van der Waals surface area contributed by atoms with Crippen LogP contribution in [0, 0.1) is 0 Å². The average molecular weight is 304 g/mol. The predicted octanol–water partition coefficient (Wildman–Crippen LogP) is 2.51. The van der Waals surface area contributed by atoms with Gasteiger partial charge in [0, 0.05) is 11.0 Å². The number of carboxylic acid groups (broad SMARTS) is 1. The zero-order chi connectivity index (χ0) is 16.5. The second-order valence-corrected chi connectivity index (χ2v) is 6.06. The highest BCUT2D eigenvalue weighted by atomic mass is 16.5. The van der Waals surface area contributed by atoms with E-state index in [4.69, 9.17) is 9.84 Å². The predicted molar refractivity (Wildman–Crippen MR) is 81.8 cm³/mol. The number of nitrogens with zero attached hydrogens (tertiary/aromatic N) is 2. The second kappa shape index (κ2) is 5.71. The van der Waals surface area contributed by atoms with Gasteiger partial charge in [-0.3, -0.25) is 4.79 Å². The first-order chi connectivity index (χ1) is 10.3. The van der Waals surface area contributed by atoms with Gasteiger partial charge in [-0.2, -0.15) is 9.78 Å². The summed E-state index contributed by atoms with van der Waals surface area (Å²) in [6.07, 6.45) is -0.191. The van der Waals surface area contributed by atoms with Gasteiger partial charge in [0.25, 0.3) is 0 Å². The van der Waals surface area contributed by atoms with Crippen LogP contribution in [-0.4, -0.2) is 33.1 Å². The van der Waals surface area contributed by atoms with Crippen LogP contribution in [-0.2, 0) is 16.6 Å². The molecule has 0 atom stereocenters. The first-order valence-corrected chi connectivity index (χ1v) is 6.92. The van der Waals surface area contributed by atoms with E-state index in [1.54, 1.807) is 24.3 Å². The Labute approximate surface area is 129 Å². The van der Waals surface area contributed by atoms with Gasteiger partial charge in [0.05, 0.1) is 19.2 Å². The highest BCUT2D eigenvalue weighted by molar-refractivity contribution is 5.72. The first kappa shape index (κ1) is 15.9. The molecule has 1 heterocycles. The maximum atomic E-state index is 11.2. The van der Waals surface area contributed by atoms with E-state index in [2.05, 4.69) is 5.10 Å². The fourth-order valence-corrected chi connectivity index (χ4v) is 2.36. The number of phenols is 1. The quantitative estimate of drug-likeness (QED) is 0.906. The van der Waals surface area contributed by atoms with Crippen molar-refractivity contribution in [1.82, 2.24) is 9.78 Å². The van der Waals surface area contributed by atoms with Gasteiger partial charge in [-0.15, -0.1) is 0 Å². The van der Waals surface area contributed by atoms with E-state index >= 15 is 0 Å². The Morgan fingerprint density at radius 2 is 1.95 bits per heavy atom. The van der Waals surface area contributed by atoms with Crippen LogP contribution in [0.1, 0.15) is 32.0 Å². The molecule has 0 aliphatic rings. The molecule has 118 valence electrons. The fraction of sp³-hybridized carbons (Fsp3) is 0.375. The minimum atomic E-state index is -0.958. The zero-order valence-electron chi connectivity index (χ0n) is 13.1. The SMILES string of the molecule is COc1c(CC(=O)O)c(C(C)(C)C)nn1-c1ccccc1O. The molecule has 22 heavy (non-hydrogen) atoms. The molecular weight excluding hydrogens is 284 g/mol. The Morgan fingerprint density at radius 1 is 1.32 bits per heavy atom. The summed E-state index contributed by atoms with van der Waals surface area (Å²) >= 11 is 0. The van der Waals surface area contributed by atoms with E-state index < -0.39 is 5.97 Å². The zero-order valence-corrected chi connectivity index (χ0v) is 13.1. The maximum Gasteiger partial charge on any atom is 0.308 e. The lowest BCUT2D eigenvalue weighted by Crippen LogP contribution is -2.16. The number of hydrogen-bond donors (Lipinski definition) is 2. The lowest BCUT2D eigenvalue weighted by Gasteiger charge is -2.16. The molecule has 1 aromatic heterocycles. The summed E-state index contributed by atoms with van der Waals surface area (Å²) in [6, 6.07) is 6.72. The van der Waals surface area contributed by atoms with Gasteiger partial charge < -0.3 is 14.9 Å². The van der Waals surface area contributed by atoms with Crippen molar-refractivity contribution in [1.29, 1.82) is 0 Å². The number of methoxy groups -OCH3 is 1. The van der Waals surface area contributed by atoms with E-state index in [9.17, 15) is 9.90 Å². The summed E-state index contributed by atoms with van der Waals surface area (Å²) in [4.78, 5) is 11.2. The smallest absolute Gasteiger partial charge is 0.308 e. The van der Waals surface area contributed by atoms with Crippen LogP contribution in [0.2, 0.25) is 0 Å². The Hall–Kier alpha value is -2.50. The van der Waals surface area contributed by atoms with Crippen LogP contribution in [0.3, 0.4) is 0 Å². The van der Waals surface area contributed by atoms with E-state index in [1.165, 1.54) is 11.8 Å². The number of para-hydroxylation sites is 2. The van der Waals surface area contributed by atoms with Gasteiger partial charge in [0.15, 0.2) is 0 Å². The van der Waals surface area contributed by atoms with Crippen molar-refractivity contribution in [3.8, 4) is 17.3 Å². The molecule has 0 bridgehead atoms. The van der Waals surface area contributed by atoms with Gasteiger partial charge >= 0.3 is 5.97 Å². The van der Waals surface area contributed by atoms with Crippen molar-refractivity contribution in [3.63, 3.8) is 0 Å². The number of phenolic OH excluding ortho intramolecular Hbond substituents is 1. The van der Waals surface area contributed by atoms with Gasteiger partial charge in [-0.05, 0) is 12.1 Å². The third-order valence-electron chi connectivity index (χ3n) is 3.28. The molecule has 0 fully saturated rings. The Bertz CT molecular complexity index is 699. The maximum absolute atomic E-state index is 11.2. The number of aromatic nitrogens is 2. The van der Waals surface area contributed by atoms with Crippen LogP contribution >= 0.6 is 0 Å². The number of carboxylic acids is 1. The minimum Gasteiger partial charge on any atom is -0.506 e. The van der Waals surface area contributed by atoms with Crippen LogP contribution in [0.25, 0.3) is 5.69 Å². The molecule has 0 unspecified atom stereocenters. The van der Waals surface area contributed by atoms with E-state index in [1.807, 2.05) is 20.8 Å². The summed E-state index contributed by atoms with van der Waals surface area (Å²) in [5, 5.41) is 23.7. The molecule has 0 aliphatic heterocycles. The molecule has 2 N–H and O–H groups in total. The molecule has 0 radical (unpaired) electrons. The molecule has 0 spiro atoms. The van der Waals surface area contributed by atoms with Crippen molar-refractivity contribution in [2.24, 2.45) is 0 Å². The third kappa shape index (κ3) is 2.90. The molecule has 2 aromatic rings. The largest absolute Gasteiger partial charge is 0.506 e. The van der Waals surface area contributed by atoms with Crippen molar-refractivity contribution in [2.45, 2.75) is 32.6 Å². The lowest BCUT2D eigenvalue weighted by molar-refractivity contribution is -0.136. The lowest BCUT2D eigenvalue weighted by atomic mass is 9.88. The van der Waals surface area contributed by atoms with Gasteiger partial charge in [0.1, 0.15) is 11.4 Å². The van der Waals surface area contributed by atoms with Gasteiger partial charge in [-0.1, -0.05) is 32.9 Å². The number of aromatic hydroxyl groups is 1. The summed E-state index contributed by atoms with van der Waals surface area (Å²) in [6.45, 7) is 5.86. The third-order valence-corrected chi connectivity index (χ3v) is 3.28. The molecule has 0 saturated heterocycles. The topological polar surface area (TPSA) is 84.6 Å². The van der Waals surface area contributed by atoms with E-state index in [0.29, 0.717) is 22.8 Å². The highest BCUT2D eigenvalue weighted by Crippen LogP contribution is 2.35. The summed E-state index contributed by atoms with van der Waals surface area (Å²) in [5.41, 5.74) is 1.25. The Balaban J connectivity index is 2.73. The monoisotopic (exact) mass is 304 g/mol. The molecule has 0 saturated carbocycles. The molecule has 6 nitrogen and oxygen atoms in total. The van der Waals surface area contributed by atoms with Gasteiger partial charge in [-0.25, -0.2) is 0 Å². The molecule has 1 aromatic carbocycles. The minimum absolute atomic E-state index is 0.0469. The van der Waals surface area contributed by atoms with Crippen molar-refractivity contribution < 1.29 is 19.7 Å². The Morgan fingerprint density at radius 3 is 2.45 bits per heavy atom. The molecular formula is C16H20N2O4. The van der Waals surface area contributed by atoms with Crippen LogP contribution in [0.15, 0.2) is 24.3 Å². The summed E-state index contributed by atoms with van der Waals surface area (Å²) in [7, 11) is 1.46. The van der Waals surface area contributed by atoms with E-state index in [0.717, 1.165) is 0 Å². The standard InChI is InChI=1S/C16H20N2O4/c1-16(2,3)14-10(9-13(20)21)15(22-4)18(17-14)11-7-5-6-8-12(11)19/h5-8,19H,9H2,1-4H3,(H,20,21). The van der Waals surface area contributed by atoms with Crippen molar-refractivity contribution in [3.05, 3.63) is 35.5 Å². The number of ether oxygens (including phenoxy) is 1. The fourth-order valence-electron chi connectivity index (χ4n) is 2.36. The first-order valence-electron chi connectivity index (χ1n) is 6.92. The number of hydrogen-bond acceptors (Lipinski definition) is 4. The number of benzene rings is 1. The summed E-state index contributed by atoms with van der Waals surface area (Å²) < 4.78 is 6.84. The molecule has 2 rings (SSSR count).